The van der Waals surface area contributed by atoms with Gasteiger partial charge in [-0.1, -0.05) is 6.92 Å². The van der Waals surface area contributed by atoms with E-state index in [1.165, 1.54) is 6.33 Å². The number of nitrogens with one attached hydrogen (secondary N) is 2. The standard InChI is InChI=1S/C14H23N7O/c1-4-6-15-13-10-11(19-14(20-13)21(2)3)12(18-9-17-10)16-7-5-8-22/h9,22H,4-8H2,1-3H3,(H,15,19,20)(H,16,17,18). The second-order valence-corrected chi connectivity index (χ2v) is 5.12. The first-order valence-corrected chi connectivity index (χ1v) is 7.46. The average molecular weight is 305 g/mol. The lowest BCUT2D eigenvalue weighted by Gasteiger charge is -2.15. The molecule has 2 rings (SSSR count). The number of hydrogen-bond donors (Lipinski definition) is 3. The summed E-state index contributed by atoms with van der Waals surface area (Å²) in [6, 6.07) is 0. The topological polar surface area (TPSA) is 99.1 Å². The van der Waals surface area contributed by atoms with Crippen molar-refractivity contribution in [3.05, 3.63) is 6.33 Å². The molecule has 0 radical (unpaired) electrons. The molecule has 0 spiro atoms. The van der Waals surface area contributed by atoms with Crippen molar-refractivity contribution < 1.29 is 5.11 Å². The number of anilines is 3. The highest BCUT2D eigenvalue weighted by atomic mass is 16.3. The van der Waals surface area contributed by atoms with E-state index in [9.17, 15) is 0 Å². The molecule has 0 saturated heterocycles. The van der Waals surface area contributed by atoms with Crippen LogP contribution in [0.4, 0.5) is 17.6 Å². The lowest BCUT2D eigenvalue weighted by molar-refractivity contribution is 0.292. The zero-order chi connectivity index (χ0) is 15.9. The minimum atomic E-state index is 0.136. The number of fused-ring (bicyclic) bond motifs is 1. The molecule has 120 valence electrons. The Morgan fingerprint density at radius 2 is 1.82 bits per heavy atom. The molecule has 0 unspecified atom stereocenters. The maximum atomic E-state index is 8.90. The highest BCUT2D eigenvalue weighted by Gasteiger charge is 2.14. The van der Waals surface area contributed by atoms with Gasteiger partial charge in [-0.15, -0.1) is 0 Å². The predicted molar refractivity (Wildman–Crippen MR) is 88.4 cm³/mol. The zero-order valence-electron chi connectivity index (χ0n) is 13.3. The number of nitrogens with zero attached hydrogens (tertiary/aromatic N) is 5. The van der Waals surface area contributed by atoms with Crippen molar-refractivity contribution in [1.29, 1.82) is 0 Å². The molecule has 8 heteroatoms. The Morgan fingerprint density at radius 1 is 1.05 bits per heavy atom. The van der Waals surface area contributed by atoms with Crippen molar-refractivity contribution in [2.75, 3.05) is 49.3 Å². The summed E-state index contributed by atoms with van der Waals surface area (Å²) in [6.07, 6.45) is 3.15. The van der Waals surface area contributed by atoms with Crippen LogP contribution in [0.15, 0.2) is 6.33 Å². The van der Waals surface area contributed by atoms with Crippen molar-refractivity contribution >= 4 is 28.6 Å². The summed E-state index contributed by atoms with van der Waals surface area (Å²) in [5.74, 6) is 1.97. The molecular formula is C14H23N7O. The van der Waals surface area contributed by atoms with Crippen LogP contribution in [0.3, 0.4) is 0 Å². The van der Waals surface area contributed by atoms with Crippen LogP contribution in [0.2, 0.25) is 0 Å². The molecule has 0 aromatic carbocycles. The molecular weight excluding hydrogens is 282 g/mol. The average Bonchev–Trinajstić information content (AvgIpc) is 2.52. The fourth-order valence-corrected chi connectivity index (χ4v) is 1.92. The van der Waals surface area contributed by atoms with Crippen LogP contribution in [0.1, 0.15) is 19.8 Å². The van der Waals surface area contributed by atoms with E-state index in [1.807, 2.05) is 19.0 Å². The van der Waals surface area contributed by atoms with Crippen molar-refractivity contribution in [3.8, 4) is 0 Å². The molecule has 0 bridgehead atoms. The fraction of sp³-hybridized carbons (Fsp3) is 0.571. The molecule has 3 N–H and O–H groups in total. The predicted octanol–water partition coefficient (Wildman–Crippen LogP) is 1.10. The molecule has 0 aliphatic carbocycles. The van der Waals surface area contributed by atoms with Gasteiger partial charge in [-0.2, -0.15) is 4.98 Å². The number of aliphatic hydroxyl groups is 1. The third-order valence-corrected chi connectivity index (χ3v) is 3.04. The van der Waals surface area contributed by atoms with E-state index in [2.05, 4.69) is 37.5 Å². The van der Waals surface area contributed by atoms with Crippen molar-refractivity contribution in [2.24, 2.45) is 0 Å². The van der Waals surface area contributed by atoms with Crippen LogP contribution in [-0.2, 0) is 0 Å². The number of aromatic nitrogens is 4. The van der Waals surface area contributed by atoms with Gasteiger partial charge < -0.3 is 20.6 Å². The summed E-state index contributed by atoms with van der Waals surface area (Å²) in [5.41, 5.74) is 1.37. The molecule has 2 aromatic heterocycles. The zero-order valence-corrected chi connectivity index (χ0v) is 13.3. The molecule has 0 fully saturated rings. The minimum Gasteiger partial charge on any atom is -0.396 e. The van der Waals surface area contributed by atoms with Gasteiger partial charge in [-0.25, -0.2) is 15.0 Å². The Balaban J connectivity index is 2.46. The first kappa shape index (κ1) is 16.2. The van der Waals surface area contributed by atoms with Gasteiger partial charge in [-0.3, -0.25) is 0 Å². The van der Waals surface area contributed by atoms with E-state index in [-0.39, 0.29) is 6.61 Å². The first-order chi connectivity index (χ1) is 10.7. The van der Waals surface area contributed by atoms with E-state index in [0.717, 1.165) is 13.0 Å². The highest BCUT2D eigenvalue weighted by molar-refractivity contribution is 5.93. The molecule has 0 saturated carbocycles. The third kappa shape index (κ3) is 3.70. The Hall–Kier alpha value is -2.22. The number of rotatable bonds is 8. The van der Waals surface area contributed by atoms with Gasteiger partial charge in [0.15, 0.2) is 11.6 Å². The van der Waals surface area contributed by atoms with Crippen LogP contribution < -0.4 is 15.5 Å². The normalized spacial score (nSPS) is 10.7. The Kier molecular flexibility index (Phi) is 5.65. The van der Waals surface area contributed by atoms with Gasteiger partial charge in [0, 0.05) is 33.8 Å². The number of aliphatic hydroxyl groups excluding tert-OH is 1. The quantitative estimate of drug-likeness (QED) is 0.624. The lowest BCUT2D eigenvalue weighted by atomic mass is 10.3. The van der Waals surface area contributed by atoms with Gasteiger partial charge in [-0.05, 0) is 12.8 Å². The van der Waals surface area contributed by atoms with Crippen molar-refractivity contribution in [1.82, 2.24) is 19.9 Å². The van der Waals surface area contributed by atoms with Crippen molar-refractivity contribution in [3.63, 3.8) is 0 Å². The summed E-state index contributed by atoms with van der Waals surface area (Å²) < 4.78 is 0. The van der Waals surface area contributed by atoms with Crippen LogP contribution in [0.5, 0.6) is 0 Å². The molecule has 0 aliphatic rings. The van der Waals surface area contributed by atoms with Gasteiger partial charge in [0.25, 0.3) is 0 Å². The van der Waals surface area contributed by atoms with Crippen LogP contribution in [0, 0.1) is 0 Å². The molecule has 2 aromatic rings. The Labute approximate surface area is 130 Å². The third-order valence-electron chi connectivity index (χ3n) is 3.04. The molecule has 2 heterocycles. The van der Waals surface area contributed by atoms with E-state index in [4.69, 9.17) is 5.11 Å². The van der Waals surface area contributed by atoms with Gasteiger partial charge in [0.1, 0.15) is 17.4 Å². The van der Waals surface area contributed by atoms with E-state index in [1.54, 1.807) is 0 Å². The second kappa shape index (κ2) is 7.69. The molecule has 0 amide bonds. The summed E-state index contributed by atoms with van der Waals surface area (Å²) in [7, 11) is 3.79. The second-order valence-electron chi connectivity index (χ2n) is 5.12. The smallest absolute Gasteiger partial charge is 0.227 e. The van der Waals surface area contributed by atoms with E-state index in [0.29, 0.717) is 41.6 Å². The van der Waals surface area contributed by atoms with E-state index >= 15 is 0 Å². The summed E-state index contributed by atoms with van der Waals surface area (Å²) in [5, 5.41) is 15.4. The summed E-state index contributed by atoms with van der Waals surface area (Å²) >= 11 is 0. The summed E-state index contributed by atoms with van der Waals surface area (Å²) in [6.45, 7) is 3.68. The van der Waals surface area contributed by atoms with Crippen LogP contribution >= 0.6 is 0 Å². The fourth-order valence-electron chi connectivity index (χ4n) is 1.92. The van der Waals surface area contributed by atoms with Crippen molar-refractivity contribution in [2.45, 2.75) is 19.8 Å². The maximum Gasteiger partial charge on any atom is 0.227 e. The van der Waals surface area contributed by atoms with Gasteiger partial charge in [0.2, 0.25) is 5.95 Å². The number of hydrogen-bond acceptors (Lipinski definition) is 8. The SMILES string of the molecule is CCCNc1nc(N(C)C)nc2c(NCCCO)ncnc12. The maximum absolute atomic E-state index is 8.90. The van der Waals surface area contributed by atoms with Gasteiger partial charge >= 0.3 is 0 Å². The first-order valence-electron chi connectivity index (χ1n) is 7.46. The molecule has 0 aliphatic heterocycles. The molecule has 22 heavy (non-hydrogen) atoms. The molecule has 0 atom stereocenters. The monoisotopic (exact) mass is 305 g/mol. The van der Waals surface area contributed by atoms with E-state index < -0.39 is 0 Å². The molecule has 8 nitrogen and oxygen atoms in total. The Morgan fingerprint density at radius 3 is 2.50 bits per heavy atom. The van der Waals surface area contributed by atoms with Crippen LogP contribution in [0.25, 0.3) is 11.0 Å². The van der Waals surface area contributed by atoms with Crippen LogP contribution in [-0.4, -0.2) is 58.8 Å². The summed E-state index contributed by atoms with van der Waals surface area (Å²) in [4.78, 5) is 19.5. The Bertz CT molecular complexity index is 617. The highest BCUT2D eigenvalue weighted by Crippen LogP contribution is 2.25. The largest absolute Gasteiger partial charge is 0.396 e. The van der Waals surface area contributed by atoms with Gasteiger partial charge in [0.05, 0.1) is 0 Å². The lowest BCUT2D eigenvalue weighted by Crippen LogP contribution is -2.16. The minimum absolute atomic E-state index is 0.136.